The summed E-state index contributed by atoms with van der Waals surface area (Å²) >= 11 is 1.34. The van der Waals surface area contributed by atoms with Crippen LogP contribution in [-0.2, 0) is 22.6 Å². The topological polar surface area (TPSA) is 82.1 Å². The number of rotatable bonds is 6. The molecule has 4 rings (SSSR count). The van der Waals surface area contributed by atoms with Gasteiger partial charge in [0.15, 0.2) is 5.17 Å². The van der Waals surface area contributed by atoms with Crippen LogP contribution in [0.4, 0.5) is 5.69 Å². The van der Waals surface area contributed by atoms with E-state index in [1.54, 1.807) is 24.3 Å². The summed E-state index contributed by atoms with van der Waals surface area (Å²) in [6.45, 7) is 6.79. The normalized spacial score (nSPS) is 17.4. The van der Waals surface area contributed by atoms with E-state index < -0.39 is 5.25 Å². The van der Waals surface area contributed by atoms with Crippen molar-refractivity contribution in [2.45, 2.75) is 38.5 Å². The highest BCUT2D eigenvalue weighted by Gasteiger charge is 2.32. The van der Waals surface area contributed by atoms with Crippen molar-refractivity contribution in [1.82, 2.24) is 9.80 Å². The number of carbonyl (C=O) groups excluding carboxylic acids is 3. The van der Waals surface area contributed by atoms with Gasteiger partial charge in [0, 0.05) is 43.9 Å². The number of amides is 3. The molecule has 0 aliphatic carbocycles. The monoisotopic (exact) mass is 464 g/mol. The molecule has 1 atom stereocenters. The third-order valence-corrected chi connectivity index (χ3v) is 7.16. The summed E-state index contributed by atoms with van der Waals surface area (Å²) in [5.74, 6) is -0.598. The first-order valence-electron chi connectivity index (χ1n) is 11.3. The van der Waals surface area contributed by atoms with Gasteiger partial charge >= 0.3 is 0 Å². The first-order chi connectivity index (χ1) is 16.0. The highest BCUT2D eigenvalue weighted by molar-refractivity contribution is 8.15. The van der Waals surface area contributed by atoms with E-state index in [2.05, 4.69) is 22.4 Å². The predicted octanol–water partition coefficient (Wildman–Crippen LogP) is 3.55. The fourth-order valence-electron chi connectivity index (χ4n) is 4.10. The number of nitrogens with zero attached hydrogens (tertiary/aromatic N) is 3. The molecule has 2 aliphatic heterocycles. The molecular weight excluding hydrogens is 436 g/mol. The Morgan fingerprint density at radius 1 is 1.12 bits per heavy atom. The van der Waals surface area contributed by atoms with Gasteiger partial charge in [-0.25, -0.2) is 0 Å². The zero-order valence-electron chi connectivity index (χ0n) is 18.9. The summed E-state index contributed by atoms with van der Waals surface area (Å²) in [7, 11) is 0. The minimum absolute atomic E-state index is 0.0405. The van der Waals surface area contributed by atoms with Gasteiger partial charge in [0.05, 0.1) is 0 Å². The van der Waals surface area contributed by atoms with Gasteiger partial charge in [0.25, 0.3) is 11.8 Å². The van der Waals surface area contributed by atoms with Crippen LogP contribution in [0.1, 0.15) is 41.8 Å². The molecule has 2 heterocycles. The van der Waals surface area contributed by atoms with Gasteiger partial charge in [-0.3, -0.25) is 14.4 Å². The molecule has 2 aromatic rings. The Kier molecular flexibility index (Phi) is 7.13. The second kappa shape index (κ2) is 10.2. The van der Waals surface area contributed by atoms with Crippen LogP contribution in [0.5, 0.6) is 0 Å². The maximum Gasteiger partial charge on any atom is 0.262 e. The van der Waals surface area contributed by atoms with Crippen molar-refractivity contribution in [3.8, 4) is 0 Å². The van der Waals surface area contributed by atoms with E-state index in [-0.39, 0.29) is 24.1 Å². The van der Waals surface area contributed by atoms with Crippen molar-refractivity contribution in [3.63, 3.8) is 0 Å². The van der Waals surface area contributed by atoms with Crippen LogP contribution >= 0.6 is 11.8 Å². The maximum absolute atomic E-state index is 13.1. The van der Waals surface area contributed by atoms with E-state index in [9.17, 15) is 14.4 Å². The minimum Gasteiger partial charge on any atom is -0.352 e. The van der Waals surface area contributed by atoms with E-state index >= 15 is 0 Å². The highest BCUT2D eigenvalue weighted by atomic mass is 32.2. The molecule has 0 radical (unpaired) electrons. The number of thioether (sulfide) groups is 1. The zero-order valence-corrected chi connectivity index (χ0v) is 19.7. The Morgan fingerprint density at radius 3 is 2.64 bits per heavy atom. The first kappa shape index (κ1) is 23.0. The Labute approximate surface area is 198 Å². The fraction of sp³-hybridized carbons (Fsp3) is 0.360. The van der Waals surface area contributed by atoms with Gasteiger partial charge in [-0.05, 0) is 49.6 Å². The molecule has 2 aliphatic rings. The van der Waals surface area contributed by atoms with E-state index in [4.69, 9.17) is 0 Å². The zero-order chi connectivity index (χ0) is 23.4. The average Bonchev–Trinajstić information content (AvgIpc) is 3.18. The quantitative estimate of drug-likeness (QED) is 0.707. The second-order valence-corrected chi connectivity index (χ2v) is 9.26. The summed E-state index contributed by atoms with van der Waals surface area (Å²) in [4.78, 5) is 45.9. The molecule has 8 heteroatoms. The van der Waals surface area contributed by atoms with Gasteiger partial charge in [-0.15, -0.1) is 0 Å². The lowest BCUT2D eigenvalue weighted by atomic mass is 9.99. The Balaban J connectivity index is 1.36. The Bertz CT molecular complexity index is 1100. The third-order valence-electron chi connectivity index (χ3n) is 5.94. The largest absolute Gasteiger partial charge is 0.352 e. The van der Waals surface area contributed by atoms with Crippen LogP contribution in [-0.4, -0.2) is 57.6 Å². The van der Waals surface area contributed by atoms with Crippen molar-refractivity contribution in [3.05, 3.63) is 65.2 Å². The number of fused-ring (bicyclic) bond motifs is 1. The molecule has 0 saturated carbocycles. The minimum atomic E-state index is -0.515. The summed E-state index contributed by atoms with van der Waals surface area (Å²) in [6, 6.07) is 15.2. The predicted molar refractivity (Wildman–Crippen MR) is 131 cm³/mol. The van der Waals surface area contributed by atoms with Crippen molar-refractivity contribution in [2.75, 3.05) is 25.0 Å². The van der Waals surface area contributed by atoms with E-state index in [0.717, 1.165) is 19.5 Å². The number of aliphatic imine (C=N–C) groups is 1. The number of amidine groups is 1. The molecule has 0 fully saturated rings. The Hall–Kier alpha value is -3.13. The maximum atomic E-state index is 13.1. The summed E-state index contributed by atoms with van der Waals surface area (Å²) < 4.78 is 0. The highest BCUT2D eigenvalue weighted by Crippen LogP contribution is 2.28. The number of hydrogen-bond acceptors (Lipinski definition) is 5. The molecule has 33 heavy (non-hydrogen) atoms. The first-order valence-corrected chi connectivity index (χ1v) is 12.2. The molecule has 2 aromatic carbocycles. The lowest BCUT2D eigenvalue weighted by Crippen LogP contribution is -2.35. The molecule has 0 unspecified atom stereocenters. The molecule has 172 valence electrons. The van der Waals surface area contributed by atoms with Crippen LogP contribution in [0.3, 0.4) is 0 Å². The number of benzene rings is 2. The van der Waals surface area contributed by atoms with Gasteiger partial charge in [-0.2, -0.15) is 4.99 Å². The van der Waals surface area contributed by atoms with E-state index in [1.807, 2.05) is 35.8 Å². The number of anilines is 1. The molecular formula is C25H28N4O3S. The molecule has 0 bridgehead atoms. The van der Waals surface area contributed by atoms with Crippen molar-refractivity contribution >= 4 is 40.3 Å². The van der Waals surface area contributed by atoms with Crippen molar-refractivity contribution < 1.29 is 14.4 Å². The van der Waals surface area contributed by atoms with Gasteiger partial charge in [0.2, 0.25) is 5.91 Å². The van der Waals surface area contributed by atoms with Crippen LogP contribution in [0.15, 0.2) is 53.5 Å². The van der Waals surface area contributed by atoms with E-state index in [1.165, 1.54) is 22.9 Å². The fourth-order valence-corrected chi connectivity index (χ4v) is 5.29. The molecule has 1 N–H and O–H groups in total. The average molecular weight is 465 g/mol. The summed E-state index contributed by atoms with van der Waals surface area (Å²) in [5.41, 5.74) is 3.54. The number of carbonyl (C=O) groups is 3. The lowest BCUT2D eigenvalue weighted by molar-refractivity contribution is -0.121. The molecule has 3 amide bonds. The second-order valence-electron chi connectivity index (χ2n) is 8.09. The van der Waals surface area contributed by atoms with Crippen LogP contribution in [0.2, 0.25) is 0 Å². The summed E-state index contributed by atoms with van der Waals surface area (Å²) in [6.07, 6.45) is 0.877. The molecule has 7 nitrogen and oxygen atoms in total. The van der Waals surface area contributed by atoms with Gasteiger partial charge in [0.1, 0.15) is 5.25 Å². The lowest BCUT2D eigenvalue weighted by Gasteiger charge is -2.29. The van der Waals surface area contributed by atoms with Crippen LogP contribution < -0.4 is 5.32 Å². The standard InChI is InChI=1S/C25H28N4O3S/c1-3-28(4-2)25-27-23(31)21(33-25)15-22(30)26-20-11-7-10-18(14-20)24(32)29-13-12-17-8-5-6-9-19(17)16-29/h5-11,14,21H,3-4,12-13,15-16H2,1-2H3,(H,26,30)/t21-/m0/s1. The Morgan fingerprint density at radius 2 is 1.88 bits per heavy atom. The number of hydrogen-bond donors (Lipinski definition) is 1. The third kappa shape index (κ3) is 5.27. The van der Waals surface area contributed by atoms with Crippen LogP contribution in [0.25, 0.3) is 0 Å². The smallest absolute Gasteiger partial charge is 0.262 e. The molecule has 0 saturated heterocycles. The van der Waals surface area contributed by atoms with Gasteiger partial charge in [-0.1, -0.05) is 42.1 Å². The molecule has 0 aromatic heterocycles. The van der Waals surface area contributed by atoms with E-state index in [0.29, 0.717) is 29.5 Å². The molecule has 0 spiro atoms. The summed E-state index contributed by atoms with van der Waals surface area (Å²) in [5, 5.41) is 3.00. The van der Waals surface area contributed by atoms with Crippen LogP contribution in [0, 0.1) is 0 Å². The van der Waals surface area contributed by atoms with Crippen molar-refractivity contribution in [2.24, 2.45) is 4.99 Å². The van der Waals surface area contributed by atoms with Gasteiger partial charge < -0.3 is 15.1 Å². The number of nitrogens with one attached hydrogen (secondary N) is 1. The van der Waals surface area contributed by atoms with Crippen molar-refractivity contribution in [1.29, 1.82) is 0 Å². The SMILES string of the molecule is CCN(CC)C1=NC(=O)[C@H](CC(=O)Nc2cccc(C(=O)N3CCc4ccccc4C3)c2)S1.